The Morgan fingerprint density at radius 2 is 1.68 bits per heavy atom. The first-order chi connectivity index (χ1) is 13.4. The summed E-state index contributed by atoms with van der Waals surface area (Å²) in [6.07, 6.45) is 0. The molecule has 0 unspecified atom stereocenters. The minimum Gasteiger partial charge on any atom is -0.493 e. The van der Waals surface area contributed by atoms with Crippen molar-refractivity contribution in [3.63, 3.8) is 0 Å². The lowest BCUT2D eigenvalue weighted by molar-refractivity contribution is -0.385. The molecule has 0 aliphatic carbocycles. The van der Waals surface area contributed by atoms with E-state index in [1.54, 1.807) is 4.90 Å². The van der Waals surface area contributed by atoms with E-state index in [0.29, 0.717) is 26.2 Å². The van der Waals surface area contributed by atoms with Crippen molar-refractivity contribution in [2.75, 3.05) is 45.3 Å². The molecule has 8 heteroatoms. The lowest BCUT2D eigenvalue weighted by Gasteiger charge is -2.36. The van der Waals surface area contributed by atoms with Crippen molar-refractivity contribution >= 4 is 17.3 Å². The summed E-state index contributed by atoms with van der Waals surface area (Å²) in [6, 6.07) is 10.8. The number of nitrogens with zero attached hydrogens (tertiary/aromatic N) is 3. The topological polar surface area (TPSA) is 85.2 Å². The highest BCUT2D eigenvalue weighted by atomic mass is 16.6. The van der Waals surface area contributed by atoms with Crippen LogP contribution in [0.1, 0.15) is 15.9 Å². The first kappa shape index (κ1) is 19.5. The lowest BCUT2D eigenvalue weighted by Crippen LogP contribution is -2.48. The number of carbonyl (C=O) groups is 1. The fourth-order valence-corrected chi connectivity index (χ4v) is 3.35. The van der Waals surface area contributed by atoms with Gasteiger partial charge in [0.15, 0.2) is 11.5 Å². The van der Waals surface area contributed by atoms with Crippen LogP contribution in [-0.4, -0.2) is 56.1 Å². The van der Waals surface area contributed by atoms with E-state index in [-0.39, 0.29) is 28.7 Å². The molecular formula is C20H23N3O5. The van der Waals surface area contributed by atoms with Crippen LogP contribution in [0.5, 0.6) is 11.5 Å². The Hall–Kier alpha value is -3.29. The summed E-state index contributed by atoms with van der Waals surface area (Å²) < 4.78 is 10.3. The predicted molar refractivity (Wildman–Crippen MR) is 105 cm³/mol. The molecule has 1 fully saturated rings. The minimum atomic E-state index is -0.571. The molecule has 0 atom stereocenters. The number of hydrogen-bond acceptors (Lipinski definition) is 6. The van der Waals surface area contributed by atoms with Crippen LogP contribution in [0.15, 0.2) is 36.4 Å². The van der Waals surface area contributed by atoms with E-state index in [2.05, 4.69) is 11.0 Å². The van der Waals surface area contributed by atoms with Crippen molar-refractivity contribution in [1.29, 1.82) is 0 Å². The number of nitro groups is 1. The van der Waals surface area contributed by atoms with E-state index in [1.807, 2.05) is 25.1 Å². The maximum atomic E-state index is 13.0. The summed E-state index contributed by atoms with van der Waals surface area (Å²) in [7, 11) is 2.83. The molecule has 28 heavy (non-hydrogen) atoms. The Morgan fingerprint density at radius 1 is 1.04 bits per heavy atom. The SMILES string of the molecule is COc1cc(C(=O)N2CCN(c3cccc(C)c3)CC2)c([N+](=O)[O-])cc1OC. The minimum absolute atomic E-state index is 0.00616. The Kier molecular flexibility index (Phi) is 5.67. The number of benzene rings is 2. The average molecular weight is 385 g/mol. The van der Waals surface area contributed by atoms with Crippen LogP contribution in [0.3, 0.4) is 0 Å². The summed E-state index contributed by atoms with van der Waals surface area (Å²) >= 11 is 0. The van der Waals surface area contributed by atoms with Gasteiger partial charge in [0.25, 0.3) is 11.6 Å². The summed E-state index contributed by atoms with van der Waals surface area (Å²) in [6.45, 7) is 4.34. The van der Waals surface area contributed by atoms with Gasteiger partial charge >= 0.3 is 0 Å². The molecule has 0 radical (unpaired) electrons. The van der Waals surface area contributed by atoms with E-state index in [9.17, 15) is 14.9 Å². The third kappa shape index (κ3) is 3.85. The second-order valence-electron chi connectivity index (χ2n) is 6.60. The molecule has 148 valence electrons. The Labute approximate surface area is 163 Å². The highest BCUT2D eigenvalue weighted by molar-refractivity contribution is 5.99. The van der Waals surface area contributed by atoms with Gasteiger partial charge in [-0.05, 0) is 24.6 Å². The zero-order valence-corrected chi connectivity index (χ0v) is 16.2. The predicted octanol–water partition coefficient (Wildman–Crippen LogP) is 2.88. The van der Waals surface area contributed by atoms with Gasteiger partial charge < -0.3 is 19.3 Å². The molecule has 8 nitrogen and oxygen atoms in total. The maximum absolute atomic E-state index is 13.0. The highest BCUT2D eigenvalue weighted by Gasteiger charge is 2.30. The summed E-state index contributed by atoms with van der Waals surface area (Å²) in [5.41, 5.74) is 2.01. The maximum Gasteiger partial charge on any atom is 0.286 e. The van der Waals surface area contributed by atoms with E-state index in [0.717, 1.165) is 5.69 Å². The number of nitro benzene ring substituents is 1. The molecule has 2 aromatic carbocycles. The number of methoxy groups -OCH3 is 2. The van der Waals surface area contributed by atoms with Crippen molar-refractivity contribution in [3.05, 3.63) is 57.6 Å². The van der Waals surface area contributed by atoms with Gasteiger partial charge in [-0.1, -0.05) is 12.1 Å². The third-order valence-electron chi connectivity index (χ3n) is 4.86. The van der Waals surface area contributed by atoms with Crippen molar-refractivity contribution in [2.24, 2.45) is 0 Å². The monoisotopic (exact) mass is 385 g/mol. The standard InChI is InChI=1S/C20H23N3O5/c1-14-5-4-6-15(11-14)21-7-9-22(10-8-21)20(24)16-12-18(27-2)19(28-3)13-17(16)23(25)26/h4-6,11-13H,7-10H2,1-3H3. The third-order valence-corrected chi connectivity index (χ3v) is 4.86. The number of aryl methyl sites for hydroxylation is 1. The molecule has 1 aliphatic rings. The van der Waals surface area contributed by atoms with Crippen LogP contribution in [0, 0.1) is 17.0 Å². The number of rotatable bonds is 5. The Morgan fingerprint density at radius 3 is 2.25 bits per heavy atom. The number of anilines is 1. The Balaban J connectivity index is 1.80. The molecule has 0 spiro atoms. The molecule has 0 bridgehead atoms. The number of amides is 1. The van der Waals surface area contributed by atoms with E-state index in [1.165, 1.54) is 31.9 Å². The molecule has 2 aromatic rings. The normalized spacial score (nSPS) is 14.0. The quantitative estimate of drug-likeness (QED) is 0.581. The zero-order chi connectivity index (χ0) is 20.3. The summed E-state index contributed by atoms with van der Waals surface area (Å²) in [4.78, 5) is 27.7. The van der Waals surface area contributed by atoms with E-state index < -0.39 is 4.92 Å². The van der Waals surface area contributed by atoms with Crippen molar-refractivity contribution in [1.82, 2.24) is 4.90 Å². The smallest absolute Gasteiger partial charge is 0.286 e. The number of ether oxygens (including phenoxy) is 2. The van der Waals surface area contributed by atoms with Gasteiger partial charge in [0.2, 0.25) is 0 Å². The van der Waals surface area contributed by atoms with Gasteiger partial charge in [0.1, 0.15) is 5.56 Å². The molecule has 1 aliphatic heterocycles. The fraction of sp³-hybridized carbons (Fsp3) is 0.350. The van der Waals surface area contributed by atoms with Crippen molar-refractivity contribution < 1.29 is 19.2 Å². The molecule has 1 amide bonds. The van der Waals surface area contributed by atoms with Crippen LogP contribution < -0.4 is 14.4 Å². The van der Waals surface area contributed by atoms with Crippen LogP contribution >= 0.6 is 0 Å². The van der Waals surface area contributed by atoms with Gasteiger partial charge in [0, 0.05) is 37.9 Å². The fourth-order valence-electron chi connectivity index (χ4n) is 3.35. The van der Waals surface area contributed by atoms with Gasteiger partial charge in [-0.2, -0.15) is 0 Å². The lowest BCUT2D eigenvalue weighted by atomic mass is 10.1. The zero-order valence-electron chi connectivity index (χ0n) is 16.2. The number of hydrogen-bond donors (Lipinski definition) is 0. The first-order valence-electron chi connectivity index (χ1n) is 8.96. The molecule has 3 rings (SSSR count). The molecule has 0 aromatic heterocycles. The molecule has 1 saturated heterocycles. The highest BCUT2D eigenvalue weighted by Crippen LogP contribution is 2.35. The van der Waals surface area contributed by atoms with E-state index in [4.69, 9.17) is 9.47 Å². The second kappa shape index (κ2) is 8.16. The number of carbonyl (C=O) groups excluding carboxylic acids is 1. The Bertz CT molecular complexity index is 891. The number of piperazine rings is 1. The van der Waals surface area contributed by atoms with Crippen molar-refractivity contribution in [2.45, 2.75) is 6.92 Å². The largest absolute Gasteiger partial charge is 0.493 e. The molecule has 1 heterocycles. The molecular weight excluding hydrogens is 362 g/mol. The van der Waals surface area contributed by atoms with Gasteiger partial charge in [0.05, 0.1) is 25.2 Å². The molecule has 0 saturated carbocycles. The first-order valence-corrected chi connectivity index (χ1v) is 8.96. The van der Waals surface area contributed by atoms with Gasteiger partial charge in [-0.3, -0.25) is 14.9 Å². The van der Waals surface area contributed by atoms with Crippen LogP contribution in [0.4, 0.5) is 11.4 Å². The summed E-state index contributed by atoms with van der Waals surface area (Å²) in [5, 5.41) is 11.5. The van der Waals surface area contributed by atoms with Crippen LogP contribution in [0.25, 0.3) is 0 Å². The van der Waals surface area contributed by atoms with Gasteiger partial charge in [-0.25, -0.2) is 0 Å². The van der Waals surface area contributed by atoms with E-state index >= 15 is 0 Å². The van der Waals surface area contributed by atoms with Crippen LogP contribution in [-0.2, 0) is 0 Å². The molecule has 0 N–H and O–H groups in total. The summed E-state index contributed by atoms with van der Waals surface area (Å²) in [5.74, 6) is 0.126. The average Bonchev–Trinajstić information content (AvgIpc) is 2.72. The second-order valence-corrected chi connectivity index (χ2v) is 6.60. The van der Waals surface area contributed by atoms with Gasteiger partial charge in [-0.15, -0.1) is 0 Å². The van der Waals surface area contributed by atoms with Crippen molar-refractivity contribution in [3.8, 4) is 11.5 Å². The van der Waals surface area contributed by atoms with Crippen LogP contribution in [0.2, 0.25) is 0 Å².